The van der Waals surface area contributed by atoms with Gasteiger partial charge in [0, 0.05) is 24.4 Å². The molecule has 0 saturated carbocycles. The second-order valence-corrected chi connectivity index (χ2v) is 5.68. The van der Waals surface area contributed by atoms with Crippen LogP contribution in [0.5, 0.6) is 5.75 Å². The molecule has 1 aromatic carbocycles. The molecule has 3 N–H and O–H groups in total. The Morgan fingerprint density at radius 2 is 2.25 bits per heavy atom. The zero-order valence-electron chi connectivity index (χ0n) is 12.5. The van der Waals surface area contributed by atoms with Crippen molar-refractivity contribution in [2.75, 3.05) is 6.61 Å². The van der Waals surface area contributed by atoms with Gasteiger partial charge in [0.15, 0.2) is 0 Å². The summed E-state index contributed by atoms with van der Waals surface area (Å²) in [5.74, 6) is 1.31. The second-order valence-electron chi connectivity index (χ2n) is 5.68. The van der Waals surface area contributed by atoms with E-state index in [0.717, 1.165) is 23.3 Å². The molecule has 1 aliphatic heterocycles. The Morgan fingerprint density at radius 3 is 2.90 bits per heavy atom. The number of nitrogens with one attached hydrogen (secondary N) is 1. The van der Waals surface area contributed by atoms with E-state index in [0.29, 0.717) is 18.9 Å². The summed E-state index contributed by atoms with van der Waals surface area (Å²) < 4.78 is 5.67. The van der Waals surface area contributed by atoms with E-state index in [1.54, 1.807) is 0 Å². The first-order valence-electron chi connectivity index (χ1n) is 7.34. The van der Waals surface area contributed by atoms with Gasteiger partial charge in [-0.05, 0) is 23.6 Å². The molecule has 110 valence electrons. The minimum absolute atomic E-state index is 0.00440. The first kappa shape index (κ1) is 14.9. The standard InChI is InChI=1S/C16H24N2O2/c1-4-15(19)18-13-7-8-20-14-6-5-11(9-12(13)14)16(17)10(2)3/h5-6,9-10,13,16H,4,7-8,17H2,1-3H3,(H,18,19). The highest BCUT2D eigenvalue weighted by atomic mass is 16.5. The first-order valence-corrected chi connectivity index (χ1v) is 7.34. The second kappa shape index (κ2) is 6.27. The number of hydrogen-bond donors (Lipinski definition) is 2. The number of fused-ring (bicyclic) bond motifs is 1. The van der Waals surface area contributed by atoms with Crippen LogP contribution in [0.25, 0.3) is 0 Å². The largest absolute Gasteiger partial charge is 0.493 e. The van der Waals surface area contributed by atoms with Crippen LogP contribution in [0.1, 0.15) is 56.8 Å². The fourth-order valence-electron chi connectivity index (χ4n) is 2.45. The van der Waals surface area contributed by atoms with Gasteiger partial charge < -0.3 is 15.8 Å². The van der Waals surface area contributed by atoms with Crippen molar-refractivity contribution in [2.45, 2.75) is 45.7 Å². The van der Waals surface area contributed by atoms with E-state index in [2.05, 4.69) is 25.2 Å². The van der Waals surface area contributed by atoms with Crippen LogP contribution in [0.2, 0.25) is 0 Å². The van der Waals surface area contributed by atoms with Gasteiger partial charge in [-0.3, -0.25) is 4.79 Å². The molecule has 20 heavy (non-hydrogen) atoms. The highest BCUT2D eigenvalue weighted by molar-refractivity contribution is 5.76. The lowest BCUT2D eigenvalue weighted by atomic mass is 9.92. The SMILES string of the molecule is CCC(=O)NC1CCOc2ccc(C(N)C(C)C)cc21. The summed E-state index contributed by atoms with van der Waals surface area (Å²) in [5.41, 5.74) is 8.36. The van der Waals surface area contributed by atoms with Crippen molar-refractivity contribution in [2.24, 2.45) is 11.7 Å². The Hall–Kier alpha value is -1.55. The minimum Gasteiger partial charge on any atom is -0.493 e. The lowest BCUT2D eigenvalue weighted by molar-refractivity contribution is -0.121. The molecule has 0 saturated heterocycles. The normalized spacial score (nSPS) is 19.1. The molecule has 4 nitrogen and oxygen atoms in total. The van der Waals surface area contributed by atoms with E-state index in [1.807, 2.05) is 19.1 Å². The van der Waals surface area contributed by atoms with E-state index in [-0.39, 0.29) is 18.0 Å². The Labute approximate surface area is 120 Å². The minimum atomic E-state index is 0.00440. The average molecular weight is 276 g/mol. The van der Waals surface area contributed by atoms with Gasteiger partial charge >= 0.3 is 0 Å². The smallest absolute Gasteiger partial charge is 0.220 e. The summed E-state index contributed by atoms with van der Waals surface area (Å²) in [6, 6.07) is 6.11. The Morgan fingerprint density at radius 1 is 1.50 bits per heavy atom. The summed E-state index contributed by atoms with van der Waals surface area (Å²) in [6.45, 7) is 6.71. The third kappa shape index (κ3) is 3.12. The molecule has 4 heteroatoms. The summed E-state index contributed by atoms with van der Waals surface area (Å²) >= 11 is 0. The van der Waals surface area contributed by atoms with Gasteiger partial charge in [-0.15, -0.1) is 0 Å². The molecule has 1 amide bonds. The third-order valence-corrected chi connectivity index (χ3v) is 3.83. The van der Waals surface area contributed by atoms with Crippen molar-refractivity contribution in [3.05, 3.63) is 29.3 Å². The molecular weight excluding hydrogens is 252 g/mol. The van der Waals surface area contributed by atoms with E-state index in [4.69, 9.17) is 10.5 Å². The zero-order valence-corrected chi connectivity index (χ0v) is 12.5. The van der Waals surface area contributed by atoms with Crippen molar-refractivity contribution < 1.29 is 9.53 Å². The van der Waals surface area contributed by atoms with Gasteiger partial charge in [0.1, 0.15) is 5.75 Å². The summed E-state index contributed by atoms with van der Waals surface area (Å²) in [5, 5.41) is 3.06. The van der Waals surface area contributed by atoms with Crippen molar-refractivity contribution in [3.8, 4) is 5.75 Å². The third-order valence-electron chi connectivity index (χ3n) is 3.83. The molecule has 0 radical (unpaired) electrons. The number of ether oxygens (including phenoxy) is 1. The number of amides is 1. The Kier molecular flexibility index (Phi) is 4.65. The van der Waals surface area contributed by atoms with Crippen LogP contribution in [0.4, 0.5) is 0 Å². The monoisotopic (exact) mass is 276 g/mol. The summed E-state index contributed by atoms with van der Waals surface area (Å²) in [7, 11) is 0. The first-order chi connectivity index (χ1) is 9.52. The molecule has 1 aliphatic rings. The van der Waals surface area contributed by atoms with Crippen LogP contribution in [-0.2, 0) is 4.79 Å². The van der Waals surface area contributed by atoms with Gasteiger partial charge in [-0.25, -0.2) is 0 Å². The fourth-order valence-corrected chi connectivity index (χ4v) is 2.45. The van der Waals surface area contributed by atoms with Crippen LogP contribution >= 0.6 is 0 Å². The van der Waals surface area contributed by atoms with Crippen LogP contribution in [0, 0.1) is 5.92 Å². The van der Waals surface area contributed by atoms with Crippen molar-refractivity contribution >= 4 is 5.91 Å². The molecule has 0 aliphatic carbocycles. The predicted molar refractivity (Wildman–Crippen MR) is 79.5 cm³/mol. The molecule has 0 fully saturated rings. The van der Waals surface area contributed by atoms with Gasteiger partial charge in [0.25, 0.3) is 0 Å². The number of rotatable bonds is 4. The maximum atomic E-state index is 11.6. The van der Waals surface area contributed by atoms with Gasteiger partial charge in [0.2, 0.25) is 5.91 Å². The van der Waals surface area contributed by atoms with E-state index >= 15 is 0 Å². The molecule has 0 spiro atoms. The number of nitrogens with two attached hydrogens (primary N) is 1. The lowest BCUT2D eigenvalue weighted by Crippen LogP contribution is -2.32. The molecular formula is C16H24N2O2. The molecule has 0 bridgehead atoms. The van der Waals surface area contributed by atoms with E-state index < -0.39 is 0 Å². The molecule has 2 rings (SSSR count). The van der Waals surface area contributed by atoms with Gasteiger partial charge in [-0.2, -0.15) is 0 Å². The van der Waals surface area contributed by atoms with E-state index in [1.165, 1.54) is 0 Å². The van der Waals surface area contributed by atoms with Gasteiger partial charge in [-0.1, -0.05) is 26.8 Å². The van der Waals surface area contributed by atoms with Crippen LogP contribution in [-0.4, -0.2) is 12.5 Å². The van der Waals surface area contributed by atoms with Crippen molar-refractivity contribution in [1.29, 1.82) is 0 Å². The van der Waals surface area contributed by atoms with E-state index in [9.17, 15) is 4.79 Å². The average Bonchev–Trinajstić information content (AvgIpc) is 2.46. The van der Waals surface area contributed by atoms with Crippen molar-refractivity contribution in [3.63, 3.8) is 0 Å². The predicted octanol–water partition coefficient (Wildman–Crippen LogP) is 2.69. The maximum Gasteiger partial charge on any atom is 0.220 e. The summed E-state index contributed by atoms with van der Waals surface area (Å²) in [4.78, 5) is 11.6. The van der Waals surface area contributed by atoms with Gasteiger partial charge in [0.05, 0.1) is 12.6 Å². The molecule has 2 atom stereocenters. The quantitative estimate of drug-likeness (QED) is 0.888. The van der Waals surface area contributed by atoms with Crippen LogP contribution in [0.3, 0.4) is 0 Å². The number of benzene rings is 1. The maximum absolute atomic E-state index is 11.6. The molecule has 0 aromatic heterocycles. The highest BCUT2D eigenvalue weighted by Crippen LogP contribution is 2.34. The Balaban J connectivity index is 2.28. The van der Waals surface area contributed by atoms with Crippen LogP contribution in [0.15, 0.2) is 18.2 Å². The van der Waals surface area contributed by atoms with Crippen LogP contribution < -0.4 is 15.8 Å². The molecule has 1 heterocycles. The topological polar surface area (TPSA) is 64.3 Å². The lowest BCUT2D eigenvalue weighted by Gasteiger charge is -2.28. The fraction of sp³-hybridized carbons (Fsp3) is 0.562. The number of hydrogen-bond acceptors (Lipinski definition) is 3. The highest BCUT2D eigenvalue weighted by Gasteiger charge is 2.24. The Bertz CT molecular complexity index is 485. The summed E-state index contributed by atoms with van der Waals surface area (Å²) in [6.07, 6.45) is 1.30. The zero-order chi connectivity index (χ0) is 14.7. The molecule has 2 unspecified atom stereocenters. The van der Waals surface area contributed by atoms with Crippen molar-refractivity contribution in [1.82, 2.24) is 5.32 Å². The number of carbonyl (C=O) groups is 1. The number of carbonyl (C=O) groups excluding carboxylic acids is 1. The molecule has 1 aromatic rings.